The molecule has 1 rings (SSSR count). The highest BCUT2D eigenvalue weighted by Gasteiger charge is 2.23. The average molecular weight is 300 g/mol. The van der Waals surface area contributed by atoms with E-state index >= 15 is 0 Å². The molecule has 0 unspecified atom stereocenters. The molecule has 0 saturated heterocycles. The summed E-state index contributed by atoms with van der Waals surface area (Å²) >= 11 is 5.98. The zero-order valence-corrected chi connectivity index (χ0v) is 12.9. The summed E-state index contributed by atoms with van der Waals surface area (Å²) in [7, 11) is 2.84. The van der Waals surface area contributed by atoms with Crippen molar-refractivity contribution in [3.8, 4) is 0 Å². The highest BCUT2D eigenvalue weighted by molar-refractivity contribution is 6.32. The first kappa shape index (κ1) is 16.4. The van der Waals surface area contributed by atoms with Gasteiger partial charge in [-0.15, -0.1) is 0 Å². The van der Waals surface area contributed by atoms with Gasteiger partial charge < -0.3 is 5.32 Å². The second-order valence-electron chi connectivity index (χ2n) is 5.22. The first-order valence-corrected chi connectivity index (χ1v) is 6.34. The number of hydroxylamine groups is 2. The average Bonchev–Trinajstić information content (AvgIpc) is 2.38. The summed E-state index contributed by atoms with van der Waals surface area (Å²) in [4.78, 5) is 32.4. The van der Waals surface area contributed by atoms with Gasteiger partial charge in [-0.2, -0.15) is 0 Å². The molecule has 0 radical (unpaired) electrons. The van der Waals surface area contributed by atoms with Crippen molar-refractivity contribution in [2.24, 2.45) is 5.41 Å². The molecule has 0 fully saturated rings. The van der Waals surface area contributed by atoms with Crippen molar-refractivity contribution in [1.82, 2.24) is 10.0 Å². The Kier molecular flexibility index (Phi) is 5.08. The minimum atomic E-state index is -0.548. The molecule has 110 valence electrons. The number of hydrogen-bond acceptors (Lipinski definition) is 4. The molecule has 0 aromatic carbocycles. The zero-order valence-electron chi connectivity index (χ0n) is 12.2. The number of carbonyl (C=O) groups is 2. The fourth-order valence-corrected chi connectivity index (χ4v) is 1.40. The highest BCUT2D eigenvalue weighted by Crippen LogP contribution is 2.23. The maximum absolute atomic E-state index is 11.9. The van der Waals surface area contributed by atoms with Crippen molar-refractivity contribution < 1.29 is 14.4 Å². The molecule has 1 N–H and O–H groups in total. The van der Waals surface area contributed by atoms with Crippen LogP contribution in [-0.2, 0) is 9.63 Å². The monoisotopic (exact) mass is 299 g/mol. The van der Waals surface area contributed by atoms with Gasteiger partial charge in [0.1, 0.15) is 5.69 Å². The molecular weight excluding hydrogens is 282 g/mol. The first-order valence-electron chi connectivity index (χ1n) is 5.97. The number of pyridine rings is 1. The van der Waals surface area contributed by atoms with Crippen LogP contribution in [-0.4, -0.2) is 36.0 Å². The molecule has 0 saturated carbocycles. The van der Waals surface area contributed by atoms with E-state index in [1.54, 1.807) is 20.8 Å². The third kappa shape index (κ3) is 3.91. The third-order valence-corrected chi connectivity index (χ3v) is 2.85. The lowest BCUT2D eigenvalue weighted by molar-refractivity contribution is -0.123. The molecule has 1 aromatic rings. The Morgan fingerprint density at radius 1 is 1.35 bits per heavy atom. The van der Waals surface area contributed by atoms with E-state index in [1.807, 2.05) is 0 Å². The van der Waals surface area contributed by atoms with Crippen molar-refractivity contribution in [3.63, 3.8) is 0 Å². The minimum Gasteiger partial charge on any atom is -0.323 e. The van der Waals surface area contributed by atoms with Crippen LogP contribution in [0.25, 0.3) is 0 Å². The van der Waals surface area contributed by atoms with E-state index in [0.717, 1.165) is 5.06 Å². The van der Waals surface area contributed by atoms with Crippen LogP contribution in [0.4, 0.5) is 5.69 Å². The number of nitrogens with zero attached hydrogens (tertiary/aromatic N) is 2. The molecule has 0 spiro atoms. The summed E-state index contributed by atoms with van der Waals surface area (Å²) in [5.74, 6) is -0.614. The quantitative estimate of drug-likeness (QED) is 0.687. The van der Waals surface area contributed by atoms with E-state index in [4.69, 9.17) is 16.4 Å². The van der Waals surface area contributed by atoms with Crippen LogP contribution in [0.5, 0.6) is 0 Å². The van der Waals surface area contributed by atoms with Gasteiger partial charge in [0.25, 0.3) is 5.91 Å². The molecule has 20 heavy (non-hydrogen) atoms. The van der Waals surface area contributed by atoms with Crippen molar-refractivity contribution >= 4 is 29.1 Å². The van der Waals surface area contributed by atoms with Crippen LogP contribution in [0.2, 0.25) is 5.15 Å². The summed E-state index contributed by atoms with van der Waals surface area (Å²) in [6, 6.07) is 3.01. The number of rotatable bonds is 3. The number of halogens is 1. The van der Waals surface area contributed by atoms with Crippen LogP contribution in [0.15, 0.2) is 12.1 Å². The van der Waals surface area contributed by atoms with E-state index in [-0.39, 0.29) is 16.8 Å². The number of hydrogen-bond donors (Lipinski definition) is 1. The molecule has 0 bridgehead atoms. The molecule has 0 aliphatic heterocycles. The zero-order chi connectivity index (χ0) is 15.5. The van der Waals surface area contributed by atoms with Gasteiger partial charge in [0.05, 0.1) is 12.8 Å². The standard InChI is InChI=1S/C13H18ClN3O3/c1-13(2,3)12(19)16-8-6-7-9(15-10(8)14)11(18)17(4)20-5/h6-7H,1-5H3,(H,16,19). The summed E-state index contributed by atoms with van der Waals surface area (Å²) in [5, 5.41) is 3.76. The maximum atomic E-state index is 11.9. The maximum Gasteiger partial charge on any atom is 0.295 e. The Labute approximate surface area is 123 Å². The van der Waals surface area contributed by atoms with Crippen molar-refractivity contribution in [2.75, 3.05) is 19.5 Å². The SMILES string of the molecule is CON(C)C(=O)c1ccc(NC(=O)C(C)(C)C)c(Cl)n1. The lowest BCUT2D eigenvalue weighted by Crippen LogP contribution is -2.28. The van der Waals surface area contributed by atoms with Crippen LogP contribution >= 0.6 is 11.6 Å². The van der Waals surface area contributed by atoms with Gasteiger partial charge in [-0.25, -0.2) is 10.0 Å². The number of aromatic nitrogens is 1. The Morgan fingerprint density at radius 3 is 2.40 bits per heavy atom. The van der Waals surface area contributed by atoms with Crippen LogP contribution in [0.1, 0.15) is 31.3 Å². The van der Waals surface area contributed by atoms with Gasteiger partial charge in [-0.1, -0.05) is 32.4 Å². The van der Waals surface area contributed by atoms with Crippen molar-refractivity contribution in [2.45, 2.75) is 20.8 Å². The predicted molar refractivity (Wildman–Crippen MR) is 76.4 cm³/mol. The van der Waals surface area contributed by atoms with Gasteiger partial charge in [-0.3, -0.25) is 14.4 Å². The highest BCUT2D eigenvalue weighted by atomic mass is 35.5. The van der Waals surface area contributed by atoms with Crippen LogP contribution in [0.3, 0.4) is 0 Å². The van der Waals surface area contributed by atoms with Gasteiger partial charge in [-0.05, 0) is 12.1 Å². The van der Waals surface area contributed by atoms with Gasteiger partial charge in [0.15, 0.2) is 5.15 Å². The fraction of sp³-hybridized carbons (Fsp3) is 0.462. The molecule has 7 heteroatoms. The van der Waals surface area contributed by atoms with Crippen LogP contribution < -0.4 is 5.32 Å². The van der Waals surface area contributed by atoms with E-state index in [0.29, 0.717) is 5.69 Å². The van der Waals surface area contributed by atoms with Gasteiger partial charge >= 0.3 is 0 Å². The minimum absolute atomic E-state index is 0.0537. The summed E-state index contributed by atoms with van der Waals surface area (Å²) in [6.07, 6.45) is 0. The topological polar surface area (TPSA) is 71.5 Å². The van der Waals surface area contributed by atoms with Crippen molar-refractivity contribution in [1.29, 1.82) is 0 Å². The van der Waals surface area contributed by atoms with E-state index in [1.165, 1.54) is 26.3 Å². The van der Waals surface area contributed by atoms with Crippen molar-refractivity contribution in [3.05, 3.63) is 23.0 Å². The van der Waals surface area contributed by atoms with E-state index in [2.05, 4.69) is 10.3 Å². The Bertz CT molecular complexity index is 526. The fourth-order valence-electron chi connectivity index (χ4n) is 1.20. The van der Waals surface area contributed by atoms with E-state index < -0.39 is 11.3 Å². The largest absolute Gasteiger partial charge is 0.323 e. The number of nitrogens with one attached hydrogen (secondary N) is 1. The Morgan fingerprint density at radius 2 is 1.95 bits per heavy atom. The molecule has 1 heterocycles. The lowest BCUT2D eigenvalue weighted by Gasteiger charge is -2.18. The summed E-state index contributed by atoms with van der Waals surface area (Å²) < 4.78 is 0. The number of amides is 2. The normalized spacial score (nSPS) is 11.1. The first-order chi connectivity index (χ1) is 9.16. The van der Waals surface area contributed by atoms with E-state index in [9.17, 15) is 9.59 Å². The van der Waals surface area contributed by atoms with Crippen LogP contribution in [0, 0.1) is 5.41 Å². The molecule has 1 aromatic heterocycles. The summed E-state index contributed by atoms with van der Waals surface area (Å²) in [6.45, 7) is 5.36. The molecule has 0 aliphatic carbocycles. The third-order valence-electron chi connectivity index (χ3n) is 2.56. The lowest BCUT2D eigenvalue weighted by atomic mass is 9.95. The molecular formula is C13H18ClN3O3. The molecule has 6 nitrogen and oxygen atoms in total. The Balaban J connectivity index is 2.95. The number of anilines is 1. The van der Waals surface area contributed by atoms with Gasteiger partial charge in [0.2, 0.25) is 5.91 Å². The summed E-state index contributed by atoms with van der Waals surface area (Å²) in [5.41, 5.74) is -0.0509. The second kappa shape index (κ2) is 6.19. The molecule has 0 atom stereocenters. The predicted octanol–water partition coefficient (Wildman–Crippen LogP) is 2.35. The smallest absolute Gasteiger partial charge is 0.295 e. The molecule has 2 amide bonds. The Hall–Kier alpha value is -1.66. The number of carbonyl (C=O) groups excluding carboxylic acids is 2. The van der Waals surface area contributed by atoms with Gasteiger partial charge in [0, 0.05) is 12.5 Å². The second-order valence-corrected chi connectivity index (χ2v) is 5.58. The molecule has 0 aliphatic rings.